The van der Waals surface area contributed by atoms with Gasteiger partial charge in [0.25, 0.3) is 0 Å². The zero-order valence-electron chi connectivity index (χ0n) is 7.11. The van der Waals surface area contributed by atoms with Crippen molar-refractivity contribution in [3.05, 3.63) is 24.3 Å². The number of hydrogen-bond acceptors (Lipinski definition) is 3. The van der Waals surface area contributed by atoms with Crippen LogP contribution in [-0.4, -0.2) is 15.9 Å². The molecule has 2 N–H and O–H groups in total. The van der Waals surface area contributed by atoms with Gasteiger partial charge >= 0.3 is 0 Å². The summed E-state index contributed by atoms with van der Waals surface area (Å²) in [4.78, 5) is 18.9. The third-order valence-corrected chi connectivity index (χ3v) is 1.74. The Bertz CT molecular complexity index is 282. The third kappa shape index (κ3) is 1.42. The molecule has 0 aliphatic rings. The molecule has 0 saturated carbocycles. The van der Waals surface area contributed by atoms with E-state index in [1.54, 1.807) is 32.3 Å². The Labute approximate surface area is 70.8 Å². The molecule has 0 spiro atoms. The maximum absolute atomic E-state index is 11.0. The number of carbonyl (C=O) groups excluding carboxylic acids is 1. The van der Waals surface area contributed by atoms with E-state index in [0.717, 1.165) is 0 Å². The molecule has 0 aromatic carbocycles. The Balaban J connectivity index is 3.06. The highest BCUT2D eigenvalue weighted by molar-refractivity contribution is 5.84. The highest BCUT2D eigenvalue weighted by atomic mass is 16.1. The van der Waals surface area contributed by atoms with Gasteiger partial charge in [0.05, 0.1) is 0 Å². The fraction of sp³-hybridized carbons (Fsp3) is 0.375. The largest absolute Gasteiger partial charge is 0.369 e. The van der Waals surface area contributed by atoms with Crippen LogP contribution in [0.4, 0.5) is 0 Å². The molecule has 1 aromatic rings. The van der Waals surface area contributed by atoms with Crippen molar-refractivity contribution < 1.29 is 4.79 Å². The van der Waals surface area contributed by atoms with Crippen molar-refractivity contribution in [3.63, 3.8) is 0 Å². The fourth-order valence-corrected chi connectivity index (χ4v) is 0.732. The van der Waals surface area contributed by atoms with E-state index in [1.165, 1.54) is 0 Å². The van der Waals surface area contributed by atoms with Gasteiger partial charge in [-0.2, -0.15) is 0 Å². The number of nitrogens with zero attached hydrogens (tertiary/aromatic N) is 2. The van der Waals surface area contributed by atoms with Crippen LogP contribution in [0, 0.1) is 0 Å². The van der Waals surface area contributed by atoms with Crippen LogP contribution in [0.5, 0.6) is 0 Å². The Morgan fingerprint density at radius 3 is 2.33 bits per heavy atom. The summed E-state index contributed by atoms with van der Waals surface area (Å²) in [7, 11) is 0. The number of carbonyl (C=O) groups is 1. The zero-order chi connectivity index (χ0) is 9.19. The van der Waals surface area contributed by atoms with Gasteiger partial charge in [-0.1, -0.05) is 0 Å². The van der Waals surface area contributed by atoms with Gasteiger partial charge in [-0.15, -0.1) is 0 Å². The number of amides is 1. The van der Waals surface area contributed by atoms with Gasteiger partial charge in [0.15, 0.2) is 0 Å². The van der Waals surface area contributed by atoms with Crippen molar-refractivity contribution in [1.29, 1.82) is 0 Å². The molecule has 0 radical (unpaired) electrons. The fourth-order valence-electron chi connectivity index (χ4n) is 0.732. The van der Waals surface area contributed by atoms with Crippen LogP contribution in [0.1, 0.15) is 19.7 Å². The molecular formula is C8H11N3O. The molecule has 1 aromatic heterocycles. The lowest BCUT2D eigenvalue weighted by atomic mass is 9.92. The summed E-state index contributed by atoms with van der Waals surface area (Å²) in [6.45, 7) is 3.40. The molecule has 0 aliphatic carbocycles. The molecule has 0 unspecified atom stereocenters. The smallest absolute Gasteiger partial charge is 0.230 e. The minimum absolute atomic E-state index is 0.423. The van der Waals surface area contributed by atoms with Gasteiger partial charge in [-0.3, -0.25) is 4.79 Å². The standard InChI is InChI=1S/C8H11N3O/c1-8(2,6(9)12)7-10-4-3-5-11-7/h3-5H,1-2H3,(H2,9,12). The number of nitrogens with two attached hydrogens (primary N) is 1. The SMILES string of the molecule is CC(C)(C(N)=O)c1ncccn1. The van der Waals surface area contributed by atoms with Gasteiger partial charge < -0.3 is 5.73 Å². The quantitative estimate of drug-likeness (QED) is 0.682. The normalized spacial score (nSPS) is 11.2. The van der Waals surface area contributed by atoms with Gasteiger partial charge in [0.1, 0.15) is 11.2 Å². The molecule has 0 saturated heterocycles. The Kier molecular flexibility index (Phi) is 2.08. The van der Waals surface area contributed by atoms with E-state index in [-0.39, 0.29) is 0 Å². The second kappa shape index (κ2) is 2.89. The van der Waals surface area contributed by atoms with Gasteiger partial charge in [-0.05, 0) is 19.9 Å². The molecule has 0 aliphatic heterocycles. The molecule has 0 fully saturated rings. The number of hydrogen-bond donors (Lipinski definition) is 1. The lowest BCUT2D eigenvalue weighted by Gasteiger charge is -2.17. The van der Waals surface area contributed by atoms with E-state index in [9.17, 15) is 4.79 Å². The summed E-state index contributed by atoms with van der Waals surface area (Å²) < 4.78 is 0. The van der Waals surface area contributed by atoms with E-state index in [0.29, 0.717) is 5.82 Å². The van der Waals surface area contributed by atoms with Gasteiger partial charge in [0, 0.05) is 12.4 Å². The van der Waals surface area contributed by atoms with Gasteiger partial charge in [-0.25, -0.2) is 9.97 Å². The highest BCUT2D eigenvalue weighted by Gasteiger charge is 2.29. The first-order valence-electron chi connectivity index (χ1n) is 3.62. The predicted molar refractivity (Wildman–Crippen MR) is 44.3 cm³/mol. The minimum Gasteiger partial charge on any atom is -0.369 e. The van der Waals surface area contributed by atoms with Crippen molar-refractivity contribution in [3.8, 4) is 0 Å². The van der Waals surface area contributed by atoms with E-state index in [4.69, 9.17) is 5.73 Å². The zero-order valence-corrected chi connectivity index (χ0v) is 7.11. The van der Waals surface area contributed by atoms with Crippen molar-refractivity contribution in [2.24, 2.45) is 5.73 Å². The summed E-state index contributed by atoms with van der Waals surface area (Å²) in [5.41, 5.74) is 4.39. The molecule has 0 bridgehead atoms. The number of rotatable bonds is 2. The number of primary amides is 1. The van der Waals surface area contributed by atoms with Crippen LogP contribution < -0.4 is 5.73 Å². The summed E-state index contributed by atoms with van der Waals surface area (Å²) >= 11 is 0. The average molecular weight is 165 g/mol. The lowest BCUT2D eigenvalue weighted by Crippen LogP contribution is -2.37. The first kappa shape index (κ1) is 8.64. The molecule has 0 atom stereocenters. The Morgan fingerprint density at radius 1 is 1.42 bits per heavy atom. The van der Waals surface area contributed by atoms with E-state index >= 15 is 0 Å². The third-order valence-electron chi connectivity index (χ3n) is 1.74. The molecule has 4 nitrogen and oxygen atoms in total. The van der Waals surface area contributed by atoms with Crippen LogP contribution in [0.25, 0.3) is 0 Å². The molecule has 1 amide bonds. The van der Waals surface area contributed by atoms with Crippen LogP contribution in [0.3, 0.4) is 0 Å². The van der Waals surface area contributed by atoms with Crippen LogP contribution in [0.15, 0.2) is 18.5 Å². The first-order valence-corrected chi connectivity index (χ1v) is 3.62. The summed E-state index contributed by atoms with van der Waals surface area (Å²) in [5, 5.41) is 0. The summed E-state index contributed by atoms with van der Waals surface area (Å²) in [6.07, 6.45) is 3.18. The summed E-state index contributed by atoms with van der Waals surface area (Å²) in [5.74, 6) is 0.0335. The number of aromatic nitrogens is 2. The van der Waals surface area contributed by atoms with E-state index in [2.05, 4.69) is 9.97 Å². The van der Waals surface area contributed by atoms with Crippen molar-refractivity contribution in [2.75, 3.05) is 0 Å². The second-order valence-electron chi connectivity index (χ2n) is 3.06. The maximum Gasteiger partial charge on any atom is 0.230 e. The Morgan fingerprint density at radius 2 is 1.92 bits per heavy atom. The Hall–Kier alpha value is -1.45. The van der Waals surface area contributed by atoms with Crippen LogP contribution >= 0.6 is 0 Å². The average Bonchev–Trinajstić information content (AvgIpc) is 2.06. The molecule has 4 heteroatoms. The maximum atomic E-state index is 11.0. The molecular weight excluding hydrogens is 154 g/mol. The minimum atomic E-state index is -0.790. The monoisotopic (exact) mass is 165 g/mol. The van der Waals surface area contributed by atoms with E-state index in [1.807, 2.05) is 0 Å². The first-order chi connectivity index (χ1) is 5.55. The van der Waals surface area contributed by atoms with Crippen molar-refractivity contribution in [2.45, 2.75) is 19.3 Å². The van der Waals surface area contributed by atoms with Crippen LogP contribution in [0.2, 0.25) is 0 Å². The van der Waals surface area contributed by atoms with Crippen LogP contribution in [-0.2, 0) is 10.2 Å². The topological polar surface area (TPSA) is 68.9 Å². The predicted octanol–water partition coefficient (Wildman–Crippen LogP) is 0.239. The second-order valence-corrected chi connectivity index (χ2v) is 3.06. The molecule has 12 heavy (non-hydrogen) atoms. The van der Waals surface area contributed by atoms with Crippen molar-refractivity contribution in [1.82, 2.24) is 9.97 Å². The summed E-state index contributed by atoms with van der Waals surface area (Å²) in [6, 6.07) is 1.70. The molecule has 1 rings (SSSR count). The van der Waals surface area contributed by atoms with E-state index < -0.39 is 11.3 Å². The lowest BCUT2D eigenvalue weighted by molar-refractivity contribution is -0.122. The van der Waals surface area contributed by atoms with Crippen molar-refractivity contribution >= 4 is 5.91 Å². The molecule has 64 valence electrons. The molecule has 1 heterocycles. The van der Waals surface area contributed by atoms with Gasteiger partial charge in [0.2, 0.25) is 5.91 Å². The highest BCUT2D eigenvalue weighted by Crippen LogP contribution is 2.16.